The molecular formula is C26H28N2O5. The number of nitrogens with zero attached hydrogens (tertiary/aromatic N) is 2. The molecule has 1 aliphatic heterocycles. The van der Waals surface area contributed by atoms with E-state index < -0.39 is 0 Å². The molecule has 2 amide bonds. The second kappa shape index (κ2) is 10.7. The number of amides is 2. The molecule has 3 aromatic rings. The zero-order valence-electron chi connectivity index (χ0n) is 18.5. The minimum absolute atomic E-state index is 0.00143. The molecule has 1 fully saturated rings. The fraction of sp³-hybridized carbons (Fsp3) is 0.308. The fourth-order valence-electron chi connectivity index (χ4n) is 3.92. The van der Waals surface area contributed by atoms with E-state index in [9.17, 15) is 14.7 Å². The minimum atomic E-state index is 0.00143. The summed E-state index contributed by atoms with van der Waals surface area (Å²) in [5.41, 5.74) is 0. The third-order valence-corrected chi connectivity index (χ3v) is 5.71. The van der Waals surface area contributed by atoms with Gasteiger partial charge in [-0.25, -0.2) is 0 Å². The van der Waals surface area contributed by atoms with Gasteiger partial charge >= 0.3 is 0 Å². The van der Waals surface area contributed by atoms with Crippen molar-refractivity contribution in [3.63, 3.8) is 0 Å². The molecule has 0 saturated carbocycles. The average Bonchev–Trinajstić information content (AvgIpc) is 2.84. The fourth-order valence-corrected chi connectivity index (χ4v) is 3.92. The molecule has 0 spiro atoms. The van der Waals surface area contributed by atoms with Crippen LogP contribution in [-0.2, 0) is 9.59 Å². The lowest BCUT2D eigenvalue weighted by molar-refractivity contribution is -0.140. The van der Waals surface area contributed by atoms with Gasteiger partial charge in [0.15, 0.2) is 0 Å². The van der Waals surface area contributed by atoms with Gasteiger partial charge in [0.05, 0.1) is 26.1 Å². The van der Waals surface area contributed by atoms with Crippen LogP contribution in [0.15, 0.2) is 66.7 Å². The summed E-state index contributed by atoms with van der Waals surface area (Å²) in [4.78, 5) is 28.6. The van der Waals surface area contributed by atoms with Crippen molar-refractivity contribution in [1.82, 2.24) is 9.80 Å². The van der Waals surface area contributed by atoms with Crippen molar-refractivity contribution >= 4 is 22.6 Å². The number of hydrogen-bond acceptors (Lipinski definition) is 5. The van der Waals surface area contributed by atoms with Crippen LogP contribution < -0.4 is 9.47 Å². The quantitative estimate of drug-likeness (QED) is 0.571. The van der Waals surface area contributed by atoms with Crippen molar-refractivity contribution in [2.75, 3.05) is 39.4 Å². The number of carbonyl (C=O) groups excluding carboxylic acids is 2. The van der Waals surface area contributed by atoms with E-state index in [4.69, 9.17) is 9.47 Å². The molecular weight excluding hydrogens is 420 g/mol. The van der Waals surface area contributed by atoms with Crippen molar-refractivity contribution in [1.29, 1.82) is 0 Å². The molecule has 7 nitrogen and oxygen atoms in total. The number of benzene rings is 3. The van der Waals surface area contributed by atoms with Crippen LogP contribution in [0.5, 0.6) is 17.2 Å². The Balaban J connectivity index is 1.17. The van der Waals surface area contributed by atoms with Crippen molar-refractivity contribution in [3.05, 3.63) is 66.7 Å². The summed E-state index contributed by atoms with van der Waals surface area (Å²) in [6.45, 7) is 2.63. The third-order valence-electron chi connectivity index (χ3n) is 5.71. The Morgan fingerprint density at radius 2 is 1.36 bits per heavy atom. The average molecular weight is 449 g/mol. The lowest BCUT2D eigenvalue weighted by Crippen LogP contribution is -2.51. The van der Waals surface area contributed by atoms with Gasteiger partial charge in [-0.2, -0.15) is 0 Å². The lowest BCUT2D eigenvalue weighted by atomic mass is 10.1. The summed E-state index contributed by atoms with van der Waals surface area (Å²) in [7, 11) is 0. The van der Waals surface area contributed by atoms with E-state index in [0.29, 0.717) is 45.0 Å². The molecule has 4 rings (SSSR count). The van der Waals surface area contributed by atoms with E-state index in [1.165, 1.54) is 6.07 Å². The molecule has 1 N–H and O–H groups in total. The van der Waals surface area contributed by atoms with E-state index in [2.05, 4.69) is 0 Å². The number of rotatable bonds is 8. The summed E-state index contributed by atoms with van der Waals surface area (Å²) < 4.78 is 11.4. The van der Waals surface area contributed by atoms with E-state index in [1.54, 1.807) is 28.0 Å². The molecule has 0 radical (unpaired) electrons. The highest BCUT2D eigenvalue weighted by molar-refractivity contribution is 5.88. The van der Waals surface area contributed by atoms with Gasteiger partial charge < -0.3 is 24.4 Å². The van der Waals surface area contributed by atoms with Crippen LogP contribution in [0.3, 0.4) is 0 Å². The molecule has 7 heteroatoms. The highest BCUT2D eigenvalue weighted by atomic mass is 16.5. The Kier molecular flexibility index (Phi) is 7.29. The number of fused-ring (bicyclic) bond motifs is 1. The Labute approximate surface area is 193 Å². The van der Waals surface area contributed by atoms with Gasteiger partial charge in [-0.05, 0) is 23.6 Å². The Morgan fingerprint density at radius 1 is 0.758 bits per heavy atom. The number of piperazine rings is 1. The summed E-state index contributed by atoms with van der Waals surface area (Å²) >= 11 is 0. The van der Waals surface area contributed by atoms with E-state index in [1.807, 2.05) is 42.5 Å². The van der Waals surface area contributed by atoms with Crippen LogP contribution in [0.1, 0.15) is 12.8 Å². The van der Waals surface area contributed by atoms with Crippen molar-refractivity contribution in [2.24, 2.45) is 0 Å². The van der Waals surface area contributed by atoms with Gasteiger partial charge in [0.2, 0.25) is 11.8 Å². The first-order valence-corrected chi connectivity index (χ1v) is 11.2. The van der Waals surface area contributed by atoms with Crippen LogP contribution in [0.4, 0.5) is 0 Å². The molecule has 0 aliphatic carbocycles. The first-order chi connectivity index (χ1) is 16.1. The van der Waals surface area contributed by atoms with Crippen LogP contribution in [0.25, 0.3) is 10.8 Å². The zero-order chi connectivity index (χ0) is 23.0. The lowest BCUT2D eigenvalue weighted by Gasteiger charge is -2.35. The molecule has 0 aromatic heterocycles. The van der Waals surface area contributed by atoms with Crippen molar-refractivity contribution in [2.45, 2.75) is 12.8 Å². The molecule has 1 saturated heterocycles. The maximum atomic E-state index is 12.6. The second-order valence-corrected chi connectivity index (χ2v) is 7.93. The highest BCUT2D eigenvalue weighted by Crippen LogP contribution is 2.25. The Hall–Kier alpha value is -3.74. The minimum Gasteiger partial charge on any atom is -0.508 e. The SMILES string of the molecule is O=C(CCOc1cccc(O)c1)N1CCN(C(=O)CCOc2cccc3ccccc23)CC1. The molecule has 0 bridgehead atoms. The number of phenols is 1. The standard InChI is InChI=1S/C26H28N2O5/c29-21-7-4-8-22(19-21)32-17-11-25(30)27-13-15-28(16-14-27)26(31)12-18-33-24-10-3-6-20-5-1-2-9-23(20)24/h1-10,19,29H,11-18H2. The van der Waals surface area contributed by atoms with Gasteiger partial charge in [0.1, 0.15) is 17.2 Å². The Bertz CT molecular complexity index is 1100. The molecule has 1 heterocycles. The second-order valence-electron chi connectivity index (χ2n) is 7.93. The van der Waals surface area contributed by atoms with Gasteiger partial charge in [0, 0.05) is 37.6 Å². The maximum Gasteiger partial charge on any atom is 0.226 e. The zero-order valence-corrected chi connectivity index (χ0v) is 18.5. The molecule has 0 unspecified atom stereocenters. The predicted octanol–water partition coefficient (Wildman–Crippen LogP) is 3.45. The number of phenolic OH excluding ortho intramolecular Hbond substituents is 1. The van der Waals surface area contributed by atoms with Crippen LogP contribution in [0, 0.1) is 0 Å². The van der Waals surface area contributed by atoms with Gasteiger partial charge in [0.25, 0.3) is 0 Å². The van der Waals surface area contributed by atoms with Crippen molar-refractivity contribution in [3.8, 4) is 17.2 Å². The molecule has 1 aliphatic rings. The highest BCUT2D eigenvalue weighted by Gasteiger charge is 2.24. The van der Waals surface area contributed by atoms with Crippen LogP contribution in [0.2, 0.25) is 0 Å². The Morgan fingerprint density at radius 3 is 2.06 bits per heavy atom. The summed E-state index contributed by atoms with van der Waals surface area (Å²) in [6.07, 6.45) is 0.553. The number of hydrogen-bond donors (Lipinski definition) is 1. The third kappa shape index (κ3) is 5.94. The molecule has 0 atom stereocenters. The maximum absolute atomic E-state index is 12.6. The molecule has 3 aromatic carbocycles. The van der Waals surface area contributed by atoms with Gasteiger partial charge in [-0.1, -0.05) is 42.5 Å². The predicted molar refractivity (Wildman–Crippen MR) is 125 cm³/mol. The molecule has 33 heavy (non-hydrogen) atoms. The van der Waals surface area contributed by atoms with Gasteiger partial charge in [-0.3, -0.25) is 9.59 Å². The topological polar surface area (TPSA) is 79.3 Å². The number of ether oxygens (including phenoxy) is 2. The van der Waals surface area contributed by atoms with Gasteiger partial charge in [-0.15, -0.1) is 0 Å². The number of aromatic hydroxyl groups is 1. The smallest absolute Gasteiger partial charge is 0.226 e. The van der Waals surface area contributed by atoms with E-state index >= 15 is 0 Å². The van der Waals surface area contributed by atoms with Crippen LogP contribution in [-0.4, -0.2) is 66.1 Å². The monoisotopic (exact) mass is 448 g/mol. The van der Waals surface area contributed by atoms with E-state index in [0.717, 1.165) is 16.5 Å². The first-order valence-electron chi connectivity index (χ1n) is 11.2. The van der Waals surface area contributed by atoms with Crippen molar-refractivity contribution < 1.29 is 24.2 Å². The normalized spacial score (nSPS) is 13.7. The summed E-state index contributed by atoms with van der Waals surface area (Å²) in [6, 6.07) is 20.4. The molecule has 172 valence electrons. The summed E-state index contributed by atoms with van der Waals surface area (Å²) in [5.74, 6) is 1.48. The largest absolute Gasteiger partial charge is 0.508 e. The van der Waals surface area contributed by atoms with Crippen LogP contribution >= 0.6 is 0 Å². The summed E-state index contributed by atoms with van der Waals surface area (Å²) in [5, 5.41) is 11.6. The van der Waals surface area contributed by atoms with E-state index in [-0.39, 0.29) is 30.6 Å². The number of carbonyl (C=O) groups is 2. The first kappa shape index (κ1) is 22.5.